The number of aromatic nitrogens is 1. The van der Waals surface area contributed by atoms with Crippen LogP contribution in [-0.2, 0) is 38.1 Å². The van der Waals surface area contributed by atoms with E-state index in [9.17, 15) is 38.2 Å². The van der Waals surface area contributed by atoms with Crippen molar-refractivity contribution in [1.29, 1.82) is 0 Å². The predicted octanol–water partition coefficient (Wildman–Crippen LogP) is 7.10. The van der Waals surface area contributed by atoms with Crippen molar-refractivity contribution in [2.24, 2.45) is 22.2 Å². The van der Waals surface area contributed by atoms with Gasteiger partial charge in [0.2, 0.25) is 29.5 Å². The molecule has 8 atom stereocenters. The van der Waals surface area contributed by atoms with Crippen LogP contribution in [0.2, 0.25) is 0 Å². The van der Waals surface area contributed by atoms with Crippen LogP contribution in [0, 0.1) is 29.1 Å². The zero-order chi connectivity index (χ0) is 51.4. The smallest absolute Gasteiger partial charge is 0.373 e. The molecule has 0 bridgehead atoms. The summed E-state index contributed by atoms with van der Waals surface area (Å²) in [5.74, 6) is -2.28. The van der Waals surface area contributed by atoms with Crippen molar-refractivity contribution in [3.05, 3.63) is 71.4 Å². The third-order valence-corrected chi connectivity index (χ3v) is 17.5. The minimum Gasteiger partial charge on any atom is -0.422 e. The first-order valence-corrected chi connectivity index (χ1v) is 27.7. The maximum absolute atomic E-state index is 15.1. The van der Waals surface area contributed by atoms with E-state index >= 15 is 4.79 Å². The second kappa shape index (κ2) is 18.0. The molecule has 4 unspecified atom stereocenters. The number of halogens is 2. The molecule has 5 N–H and O–H groups in total. The van der Waals surface area contributed by atoms with Crippen molar-refractivity contribution in [3.8, 4) is 5.75 Å². The fraction of sp³-hybridized carbons (Fsp3) is 0.481. The number of aromatic amines is 1. The molecule has 380 valence electrons. The van der Waals surface area contributed by atoms with Crippen LogP contribution in [0.4, 0.5) is 17.1 Å². The lowest BCUT2D eigenvalue weighted by molar-refractivity contribution is -0.137. The number of anilines is 3. The number of alkyl halides is 2. The van der Waals surface area contributed by atoms with Gasteiger partial charge in [-0.15, -0.1) is 23.2 Å². The number of carbonyl (C=O) groups excluding carboxylic acids is 7. The monoisotopic (exact) mass is 1040 g/mol. The van der Waals surface area contributed by atoms with E-state index in [4.69, 9.17) is 27.7 Å². The van der Waals surface area contributed by atoms with E-state index in [0.29, 0.717) is 74.2 Å². The average molecular weight is 1040 g/mol. The summed E-state index contributed by atoms with van der Waals surface area (Å²) in [6.45, 7) is 9.10. The number of aryl methyl sites for hydroxylation is 1. The highest BCUT2D eigenvalue weighted by Crippen LogP contribution is 3.01. The van der Waals surface area contributed by atoms with Crippen LogP contribution in [0.15, 0.2) is 54.7 Å². The van der Waals surface area contributed by atoms with E-state index in [-0.39, 0.29) is 77.8 Å². The molecule has 3 aliphatic heterocycles. The number of imide groups is 1. The summed E-state index contributed by atoms with van der Waals surface area (Å²) < 4.78 is 18.1. The fourth-order valence-corrected chi connectivity index (χ4v) is 13.6. The lowest BCUT2D eigenvalue weighted by Gasteiger charge is -2.37. The molecule has 0 saturated heterocycles. The van der Waals surface area contributed by atoms with Gasteiger partial charge in [-0.05, 0) is 80.0 Å². The molecular weight excluding hydrogens is 984 g/mol. The third-order valence-electron chi connectivity index (χ3n) is 16.2. The Balaban J connectivity index is 0.827. The molecule has 4 aromatic rings. The maximum Gasteiger partial charge on any atom is 0.373 e. The molecule has 6 aliphatic rings. The van der Waals surface area contributed by atoms with Crippen LogP contribution < -0.4 is 30.3 Å². The average Bonchev–Trinajstić information content (AvgIpc) is 3.67. The Labute approximate surface area is 426 Å². The van der Waals surface area contributed by atoms with Crippen LogP contribution in [0.5, 0.6) is 5.75 Å². The van der Waals surface area contributed by atoms with Crippen LogP contribution in [0.3, 0.4) is 0 Å². The van der Waals surface area contributed by atoms with E-state index < -0.39 is 47.7 Å². The van der Waals surface area contributed by atoms with Gasteiger partial charge in [-0.1, -0.05) is 44.5 Å². The standard InChI is InChI=1S/C52H58Cl2N7O10P/c1-27(2)44(58-38(62)13-7-6-10-16-59-39(63)14-15-40(59)64)47(66)56-29(4)46(65)57-34-17-35-42(33-12-9-8-11-32(33)34)30(19-53)22-60(35)48(67)50-24-51(26-52(50,51)25-50)49(68)61-23-31(20-54)43-36(61)18-37(71-72(5,69)70)45-41(43)28(3)21-55-45/h8-9,11-12,14-15,17-18,21,27,29-31,44,55H,6-7,10,13,16,19-20,22-26H2,1-5H3,(H,56,66)(H,57,65)(H,58,62)(H,69,70)/t29-,30+,31+,44-,50?,51?,52?/m0/s1. The number of hydrogen-bond acceptors (Lipinski definition) is 9. The Morgan fingerprint density at radius 3 is 2.06 bits per heavy atom. The van der Waals surface area contributed by atoms with E-state index in [2.05, 4.69) is 20.9 Å². The molecule has 3 aliphatic carbocycles. The molecule has 3 aromatic carbocycles. The van der Waals surface area contributed by atoms with Gasteiger partial charge in [0.25, 0.3) is 11.8 Å². The number of nitrogens with zero attached hydrogens (tertiary/aromatic N) is 3. The SMILES string of the molecule is Cc1c[nH]c2c(OP(C)(=O)O)cc3c(c12)[C@H](CCl)CN3C(=O)C12CC3(C(=O)N4C[C@@H](CCl)c5c4cc(NC(=O)[C@H](C)NC(=O)[C@@H](NC(=O)CCCCCN4C(=O)C=CC4=O)C(C)C)c4ccccc54)CC31C2. The highest BCUT2D eigenvalue weighted by molar-refractivity contribution is 7.52. The minimum absolute atomic E-state index is 0.0812. The Morgan fingerprint density at radius 2 is 1.46 bits per heavy atom. The van der Waals surface area contributed by atoms with Crippen LogP contribution >= 0.6 is 30.8 Å². The zero-order valence-electron chi connectivity index (χ0n) is 40.7. The molecule has 3 fully saturated rings. The lowest BCUT2D eigenvalue weighted by atomic mass is 9.72. The Morgan fingerprint density at radius 1 is 0.847 bits per heavy atom. The number of rotatable bonds is 18. The molecule has 7 amide bonds. The maximum atomic E-state index is 15.1. The van der Waals surface area contributed by atoms with Gasteiger partial charge in [-0.3, -0.25) is 38.5 Å². The van der Waals surface area contributed by atoms with Gasteiger partial charge in [0, 0.05) is 103 Å². The highest BCUT2D eigenvalue weighted by Gasteiger charge is 3.01. The molecular formula is C52H58Cl2N7O10P. The molecule has 3 saturated carbocycles. The summed E-state index contributed by atoms with van der Waals surface area (Å²) in [5.41, 5.74) is 2.90. The summed E-state index contributed by atoms with van der Waals surface area (Å²) in [6.07, 6.45) is 7.54. The number of carbonyl (C=O) groups is 7. The largest absolute Gasteiger partial charge is 0.422 e. The summed E-state index contributed by atoms with van der Waals surface area (Å²) in [4.78, 5) is 112. The number of fused-ring (bicyclic) bond motifs is 6. The van der Waals surface area contributed by atoms with Gasteiger partial charge in [-0.2, -0.15) is 0 Å². The Bertz CT molecular complexity index is 3100. The van der Waals surface area contributed by atoms with Crippen molar-refractivity contribution in [2.45, 2.75) is 96.6 Å². The summed E-state index contributed by atoms with van der Waals surface area (Å²) in [6, 6.07) is 9.09. The van der Waals surface area contributed by atoms with Gasteiger partial charge in [0.05, 0.1) is 27.7 Å². The number of benzene rings is 3. The van der Waals surface area contributed by atoms with Crippen molar-refractivity contribution in [2.75, 3.05) is 53.2 Å². The van der Waals surface area contributed by atoms with Crippen LogP contribution in [0.1, 0.15) is 94.2 Å². The highest BCUT2D eigenvalue weighted by atomic mass is 35.5. The molecule has 72 heavy (non-hydrogen) atoms. The minimum atomic E-state index is -3.97. The number of amides is 7. The van der Waals surface area contributed by atoms with E-state index in [1.165, 1.54) is 12.2 Å². The van der Waals surface area contributed by atoms with Gasteiger partial charge >= 0.3 is 7.60 Å². The first-order valence-electron chi connectivity index (χ1n) is 24.6. The quantitative estimate of drug-likeness (QED) is 0.0294. The van der Waals surface area contributed by atoms with Crippen molar-refractivity contribution in [1.82, 2.24) is 20.5 Å². The summed E-state index contributed by atoms with van der Waals surface area (Å²) in [7, 11) is -3.97. The summed E-state index contributed by atoms with van der Waals surface area (Å²) in [5, 5.41) is 11.0. The molecule has 1 aromatic heterocycles. The fourth-order valence-electron chi connectivity index (χ4n) is 12.6. The lowest BCUT2D eigenvalue weighted by Crippen LogP contribution is -2.53. The Kier molecular flexibility index (Phi) is 12.5. The van der Waals surface area contributed by atoms with Gasteiger partial charge in [0.1, 0.15) is 12.1 Å². The van der Waals surface area contributed by atoms with E-state index in [0.717, 1.165) is 44.4 Å². The Hall–Kier alpha value is -5.74. The normalized spacial score (nSPS) is 25.9. The number of H-pyrrole nitrogens is 1. The third kappa shape index (κ3) is 7.91. The molecule has 4 heterocycles. The first-order chi connectivity index (χ1) is 34.2. The molecule has 0 radical (unpaired) electrons. The number of unbranched alkanes of at least 4 members (excludes halogenated alkanes) is 2. The second-order valence-corrected chi connectivity index (χ2v) is 23.5. The van der Waals surface area contributed by atoms with E-state index in [1.807, 2.05) is 31.2 Å². The van der Waals surface area contributed by atoms with Crippen molar-refractivity contribution >= 4 is 111 Å². The van der Waals surface area contributed by atoms with Crippen LogP contribution in [0.25, 0.3) is 21.7 Å². The predicted molar refractivity (Wildman–Crippen MR) is 273 cm³/mol. The molecule has 20 heteroatoms. The van der Waals surface area contributed by atoms with Gasteiger partial charge in [0.15, 0.2) is 5.75 Å². The molecule has 17 nitrogen and oxygen atoms in total. The van der Waals surface area contributed by atoms with Crippen molar-refractivity contribution < 1.29 is 47.5 Å². The van der Waals surface area contributed by atoms with Gasteiger partial charge < -0.3 is 40.2 Å². The first kappa shape index (κ1) is 49.8. The number of hydrogen-bond donors (Lipinski definition) is 5. The summed E-state index contributed by atoms with van der Waals surface area (Å²) >= 11 is 13.2. The van der Waals surface area contributed by atoms with Crippen LogP contribution in [-0.4, -0.2) is 106 Å². The van der Waals surface area contributed by atoms with E-state index in [1.54, 1.807) is 48.9 Å². The van der Waals surface area contributed by atoms with Gasteiger partial charge in [-0.25, -0.2) is 4.57 Å². The van der Waals surface area contributed by atoms with Crippen molar-refractivity contribution in [3.63, 3.8) is 0 Å². The number of nitrogens with one attached hydrogen (secondary N) is 4. The second-order valence-electron chi connectivity index (χ2n) is 21.1. The topological polar surface area (TPSA) is 228 Å². The molecule has 10 rings (SSSR count). The molecule has 1 spiro atoms. The zero-order valence-corrected chi connectivity index (χ0v) is 43.1.